The van der Waals surface area contributed by atoms with Crippen LogP contribution in [0.25, 0.3) is 0 Å². The highest BCUT2D eigenvalue weighted by molar-refractivity contribution is 5.91. The van der Waals surface area contributed by atoms with Crippen molar-refractivity contribution in [1.29, 1.82) is 0 Å². The average molecular weight is 402 g/mol. The second-order valence-electron chi connectivity index (χ2n) is 6.63. The maximum absolute atomic E-state index is 12.2. The van der Waals surface area contributed by atoms with Gasteiger partial charge in [-0.25, -0.2) is 4.79 Å². The normalized spacial score (nSPS) is 14.4. The SMILES string of the molecule is COC(=O)c1ccc(OCc2ccc(C(=O)NCCCN3CCOCC3)o2)cc1. The Labute approximate surface area is 169 Å². The Hall–Kier alpha value is -2.84. The van der Waals surface area contributed by atoms with Crippen LogP contribution in [0.3, 0.4) is 0 Å². The number of benzene rings is 1. The summed E-state index contributed by atoms with van der Waals surface area (Å²) in [4.78, 5) is 25.9. The van der Waals surface area contributed by atoms with Gasteiger partial charge < -0.3 is 23.9 Å². The second-order valence-corrected chi connectivity index (χ2v) is 6.63. The molecule has 8 heteroatoms. The van der Waals surface area contributed by atoms with Gasteiger partial charge in [-0.3, -0.25) is 9.69 Å². The van der Waals surface area contributed by atoms with E-state index in [1.807, 2.05) is 0 Å². The highest BCUT2D eigenvalue weighted by Gasteiger charge is 2.13. The summed E-state index contributed by atoms with van der Waals surface area (Å²) in [7, 11) is 1.33. The molecule has 156 valence electrons. The van der Waals surface area contributed by atoms with Gasteiger partial charge in [0.05, 0.1) is 25.9 Å². The summed E-state index contributed by atoms with van der Waals surface area (Å²) in [5, 5.41) is 2.87. The van der Waals surface area contributed by atoms with Crippen molar-refractivity contribution in [1.82, 2.24) is 10.2 Å². The highest BCUT2D eigenvalue weighted by Crippen LogP contribution is 2.16. The maximum Gasteiger partial charge on any atom is 0.337 e. The number of carbonyl (C=O) groups is 2. The molecule has 1 amide bonds. The number of hydrogen-bond acceptors (Lipinski definition) is 7. The number of hydrogen-bond donors (Lipinski definition) is 1. The molecular formula is C21H26N2O6. The second kappa shape index (κ2) is 10.6. The van der Waals surface area contributed by atoms with E-state index in [-0.39, 0.29) is 18.3 Å². The van der Waals surface area contributed by atoms with Crippen molar-refractivity contribution in [2.24, 2.45) is 0 Å². The first-order valence-corrected chi connectivity index (χ1v) is 9.64. The largest absolute Gasteiger partial charge is 0.486 e. The Balaban J connectivity index is 1.39. The number of ether oxygens (including phenoxy) is 3. The molecule has 0 saturated carbocycles. The van der Waals surface area contributed by atoms with E-state index in [9.17, 15) is 9.59 Å². The molecule has 0 atom stereocenters. The Bertz CT molecular complexity index is 796. The standard InChI is InChI=1S/C21H26N2O6/c1-26-21(25)16-3-5-17(6-4-16)28-15-18-7-8-19(29-18)20(24)22-9-2-10-23-11-13-27-14-12-23/h3-8H,2,9-15H2,1H3,(H,22,24). The molecule has 8 nitrogen and oxygen atoms in total. The molecule has 1 fully saturated rings. The van der Waals surface area contributed by atoms with Crippen LogP contribution in [-0.4, -0.2) is 63.3 Å². The van der Waals surface area contributed by atoms with Gasteiger partial charge in [0, 0.05) is 19.6 Å². The molecule has 3 rings (SSSR count). The quantitative estimate of drug-likeness (QED) is 0.507. The van der Waals surface area contributed by atoms with E-state index >= 15 is 0 Å². The Morgan fingerprint density at radius 2 is 1.86 bits per heavy atom. The number of rotatable bonds is 9. The minimum Gasteiger partial charge on any atom is -0.486 e. The van der Waals surface area contributed by atoms with E-state index in [2.05, 4.69) is 15.0 Å². The zero-order valence-electron chi connectivity index (χ0n) is 16.5. The van der Waals surface area contributed by atoms with Crippen molar-refractivity contribution in [2.45, 2.75) is 13.0 Å². The van der Waals surface area contributed by atoms with Crippen molar-refractivity contribution >= 4 is 11.9 Å². The van der Waals surface area contributed by atoms with Crippen LogP contribution < -0.4 is 10.1 Å². The van der Waals surface area contributed by atoms with Crippen molar-refractivity contribution in [3.63, 3.8) is 0 Å². The van der Waals surface area contributed by atoms with Gasteiger partial charge in [0.15, 0.2) is 5.76 Å². The molecular weight excluding hydrogens is 376 g/mol. The zero-order valence-corrected chi connectivity index (χ0v) is 16.5. The van der Waals surface area contributed by atoms with E-state index in [4.69, 9.17) is 13.9 Å². The summed E-state index contributed by atoms with van der Waals surface area (Å²) < 4.78 is 21.2. The van der Waals surface area contributed by atoms with Crippen LogP contribution in [-0.2, 0) is 16.1 Å². The summed E-state index contributed by atoms with van der Waals surface area (Å²) in [5.74, 6) is 0.753. The van der Waals surface area contributed by atoms with Crippen molar-refractivity contribution in [2.75, 3.05) is 46.5 Å². The molecule has 1 N–H and O–H groups in total. The van der Waals surface area contributed by atoms with Crippen LogP contribution in [0, 0.1) is 0 Å². The van der Waals surface area contributed by atoms with Crippen molar-refractivity contribution < 1.29 is 28.2 Å². The Morgan fingerprint density at radius 3 is 2.59 bits per heavy atom. The summed E-state index contributed by atoms with van der Waals surface area (Å²) in [5.41, 5.74) is 0.449. The van der Waals surface area contributed by atoms with Crippen LogP contribution in [0.15, 0.2) is 40.8 Å². The molecule has 0 spiro atoms. The molecule has 29 heavy (non-hydrogen) atoms. The first-order chi connectivity index (χ1) is 14.2. The first kappa shape index (κ1) is 20.9. The minimum atomic E-state index is -0.400. The van der Waals surface area contributed by atoms with E-state index in [0.717, 1.165) is 39.3 Å². The topological polar surface area (TPSA) is 90.2 Å². The minimum absolute atomic E-state index is 0.182. The number of amides is 1. The summed E-state index contributed by atoms with van der Waals surface area (Å²) >= 11 is 0. The smallest absolute Gasteiger partial charge is 0.337 e. The molecule has 1 aliphatic heterocycles. The van der Waals surface area contributed by atoms with Crippen molar-refractivity contribution in [3.8, 4) is 5.75 Å². The molecule has 1 aromatic heterocycles. The molecule has 1 aliphatic rings. The fourth-order valence-corrected chi connectivity index (χ4v) is 2.95. The summed E-state index contributed by atoms with van der Waals surface area (Å²) in [6.45, 7) is 5.16. The predicted octanol–water partition coefficient (Wildman–Crippen LogP) is 2.10. The highest BCUT2D eigenvalue weighted by atomic mass is 16.5. The van der Waals surface area contributed by atoms with Gasteiger partial charge in [-0.05, 0) is 49.4 Å². The van der Waals surface area contributed by atoms with Gasteiger partial charge in [-0.2, -0.15) is 0 Å². The maximum atomic E-state index is 12.2. The van der Waals surface area contributed by atoms with Crippen LogP contribution in [0.1, 0.15) is 33.1 Å². The van der Waals surface area contributed by atoms with E-state index in [1.54, 1.807) is 36.4 Å². The van der Waals surface area contributed by atoms with Crippen LogP contribution in [0.4, 0.5) is 0 Å². The van der Waals surface area contributed by atoms with Gasteiger partial charge in [0.2, 0.25) is 0 Å². The third-order valence-corrected chi connectivity index (χ3v) is 4.58. The summed E-state index contributed by atoms with van der Waals surface area (Å²) in [6.07, 6.45) is 0.879. The summed E-state index contributed by atoms with van der Waals surface area (Å²) in [6, 6.07) is 9.95. The molecule has 1 aromatic carbocycles. The van der Waals surface area contributed by atoms with Gasteiger partial charge in [0.1, 0.15) is 18.1 Å². The molecule has 0 radical (unpaired) electrons. The molecule has 0 aliphatic carbocycles. The van der Waals surface area contributed by atoms with E-state index < -0.39 is 5.97 Å². The van der Waals surface area contributed by atoms with Crippen LogP contribution >= 0.6 is 0 Å². The van der Waals surface area contributed by atoms with Gasteiger partial charge in [0.25, 0.3) is 5.91 Å². The first-order valence-electron chi connectivity index (χ1n) is 9.64. The number of esters is 1. The van der Waals surface area contributed by atoms with E-state index in [1.165, 1.54) is 7.11 Å². The van der Waals surface area contributed by atoms with Crippen LogP contribution in [0.2, 0.25) is 0 Å². The number of morpholine rings is 1. The number of nitrogens with one attached hydrogen (secondary N) is 1. The number of carbonyl (C=O) groups excluding carboxylic acids is 2. The molecule has 1 saturated heterocycles. The third kappa shape index (κ3) is 6.33. The molecule has 0 bridgehead atoms. The third-order valence-electron chi connectivity index (χ3n) is 4.58. The van der Waals surface area contributed by atoms with Gasteiger partial charge in [-0.15, -0.1) is 0 Å². The average Bonchev–Trinajstić information content (AvgIpc) is 3.25. The number of methoxy groups -OCH3 is 1. The van der Waals surface area contributed by atoms with Gasteiger partial charge in [-0.1, -0.05) is 0 Å². The van der Waals surface area contributed by atoms with Gasteiger partial charge >= 0.3 is 5.97 Å². The Kier molecular flexibility index (Phi) is 7.66. The monoisotopic (exact) mass is 402 g/mol. The molecule has 2 heterocycles. The lowest BCUT2D eigenvalue weighted by atomic mass is 10.2. The Morgan fingerprint density at radius 1 is 1.10 bits per heavy atom. The van der Waals surface area contributed by atoms with Crippen molar-refractivity contribution in [3.05, 3.63) is 53.5 Å². The lowest BCUT2D eigenvalue weighted by Gasteiger charge is -2.26. The van der Waals surface area contributed by atoms with Crippen LogP contribution in [0.5, 0.6) is 5.75 Å². The predicted molar refractivity (Wildman–Crippen MR) is 105 cm³/mol. The fourth-order valence-electron chi connectivity index (χ4n) is 2.95. The number of furan rings is 1. The zero-order chi connectivity index (χ0) is 20.5. The lowest BCUT2D eigenvalue weighted by Crippen LogP contribution is -2.38. The molecule has 2 aromatic rings. The lowest BCUT2D eigenvalue weighted by molar-refractivity contribution is 0.0374. The van der Waals surface area contributed by atoms with E-state index in [0.29, 0.717) is 23.6 Å². The molecule has 0 unspecified atom stereocenters. The number of nitrogens with zero attached hydrogens (tertiary/aromatic N) is 1. The fraction of sp³-hybridized carbons (Fsp3) is 0.429.